The van der Waals surface area contributed by atoms with Gasteiger partial charge in [-0.15, -0.1) is 0 Å². The minimum absolute atomic E-state index is 0.159. The van der Waals surface area contributed by atoms with E-state index in [-0.39, 0.29) is 17.0 Å². The molecule has 0 amide bonds. The fourth-order valence-electron chi connectivity index (χ4n) is 1.79. The van der Waals surface area contributed by atoms with Crippen molar-refractivity contribution < 1.29 is 13.5 Å². The number of sulfonamides is 1. The van der Waals surface area contributed by atoms with Gasteiger partial charge in [0, 0.05) is 11.7 Å². The van der Waals surface area contributed by atoms with Crippen molar-refractivity contribution in [2.24, 2.45) is 0 Å². The number of anilines is 1. The van der Waals surface area contributed by atoms with Gasteiger partial charge in [-0.05, 0) is 43.5 Å². The van der Waals surface area contributed by atoms with E-state index >= 15 is 0 Å². The van der Waals surface area contributed by atoms with Gasteiger partial charge in [-0.1, -0.05) is 0 Å². The second kappa shape index (κ2) is 4.29. The highest BCUT2D eigenvalue weighted by Crippen LogP contribution is 2.23. The summed E-state index contributed by atoms with van der Waals surface area (Å²) in [6, 6.07) is 4.46. The zero-order valence-corrected chi connectivity index (χ0v) is 10.4. The standard InChI is InChI=1S/C11H16N2O3S/c1-7-4-10(2-3-11(7)12)17(15,16)13-8-5-9(14)6-8/h2-4,8-9,13-14H,5-6,12H2,1H3. The maximum atomic E-state index is 12.0. The van der Waals surface area contributed by atoms with Crippen molar-refractivity contribution in [3.63, 3.8) is 0 Å². The Bertz CT molecular complexity index is 522. The first-order valence-corrected chi connectivity index (χ1v) is 6.93. The largest absolute Gasteiger partial charge is 0.399 e. The number of aryl methyl sites for hydroxylation is 1. The average molecular weight is 256 g/mol. The van der Waals surface area contributed by atoms with E-state index in [1.54, 1.807) is 19.1 Å². The van der Waals surface area contributed by atoms with Crippen LogP contribution >= 0.6 is 0 Å². The lowest BCUT2D eigenvalue weighted by atomic mass is 9.91. The van der Waals surface area contributed by atoms with E-state index in [0.717, 1.165) is 5.56 Å². The first-order chi connectivity index (χ1) is 7.88. The molecule has 94 valence electrons. The smallest absolute Gasteiger partial charge is 0.240 e. The molecule has 0 atom stereocenters. The molecule has 1 fully saturated rings. The van der Waals surface area contributed by atoms with Gasteiger partial charge < -0.3 is 10.8 Å². The first kappa shape index (κ1) is 12.3. The molecule has 0 unspecified atom stereocenters. The van der Waals surface area contributed by atoms with Crippen molar-refractivity contribution >= 4 is 15.7 Å². The van der Waals surface area contributed by atoms with Crippen LogP contribution in [0.25, 0.3) is 0 Å². The minimum atomic E-state index is -3.50. The van der Waals surface area contributed by atoms with Crippen LogP contribution in [-0.2, 0) is 10.0 Å². The molecule has 1 saturated carbocycles. The molecule has 4 N–H and O–H groups in total. The van der Waals surface area contributed by atoms with Gasteiger partial charge in [-0.2, -0.15) is 0 Å². The molecule has 1 aliphatic rings. The summed E-state index contributed by atoms with van der Waals surface area (Å²) in [4.78, 5) is 0.214. The quantitative estimate of drug-likeness (QED) is 0.682. The van der Waals surface area contributed by atoms with Gasteiger partial charge in [0.25, 0.3) is 0 Å². The number of rotatable bonds is 3. The lowest BCUT2D eigenvalue weighted by Gasteiger charge is -2.31. The van der Waals surface area contributed by atoms with Crippen LogP contribution in [0.2, 0.25) is 0 Å². The summed E-state index contributed by atoms with van der Waals surface area (Å²) in [5.41, 5.74) is 6.95. The Morgan fingerprint density at radius 2 is 2.06 bits per heavy atom. The summed E-state index contributed by atoms with van der Waals surface area (Å²) >= 11 is 0. The molecule has 0 heterocycles. The molecular formula is C11H16N2O3S. The van der Waals surface area contributed by atoms with E-state index in [1.807, 2.05) is 0 Å². The van der Waals surface area contributed by atoms with Crippen LogP contribution in [0.5, 0.6) is 0 Å². The highest BCUT2D eigenvalue weighted by molar-refractivity contribution is 7.89. The molecule has 0 saturated heterocycles. The van der Waals surface area contributed by atoms with Crippen LogP contribution in [0.3, 0.4) is 0 Å². The molecule has 1 aromatic rings. The highest BCUT2D eigenvalue weighted by Gasteiger charge is 2.31. The van der Waals surface area contributed by atoms with Gasteiger partial charge in [-0.25, -0.2) is 13.1 Å². The van der Waals surface area contributed by atoms with Crippen molar-refractivity contribution in [2.75, 3.05) is 5.73 Å². The molecule has 0 aromatic heterocycles. The van der Waals surface area contributed by atoms with Gasteiger partial charge in [-0.3, -0.25) is 0 Å². The maximum Gasteiger partial charge on any atom is 0.240 e. The maximum absolute atomic E-state index is 12.0. The van der Waals surface area contributed by atoms with E-state index in [1.165, 1.54) is 6.07 Å². The minimum Gasteiger partial charge on any atom is -0.399 e. The Labute approximate surface area is 101 Å². The fourth-order valence-corrected chi connectivity index (χ4v) is 3.13. The van der Waals surface area contributed by atoms with Gasteiger partial charge in [0.2, 0.25) is 10.0 Å². The van der Waals surface area contributed by atoms with Gasteiger partial charge in [0.1, 0.15) is 0 Å². The van der Waals surface area contributed by atoms with Crippen LogP contribution in [-0.4, -0.2) is 25.7 Å². The number of benzene rings is 1. The number of nitrogens with one attached hydrogen (secondary N) is 1. The van der Waals surface area contributed by atoms with Crippen molar-refractivity contribution in [3.8, 4) is 0 Å². The summed E-state index contributed by atoms with van der Waals surface area (Å²) in [6.45, 7) is 1.77. The zero-order valence-electron chi connectivity index (χ0n) is 9.55. The van der Waals surface area contributed by atoms with E-state index in [2.05, 4.69) is 4.72 Å². The third-order valence-corrected chi connectivity index (χ3v) is 4.50. The summed E-state index contributed by atoms with van der Waals surface area (Å²) in [6.07, 6.45) is 0.580. The SMILES string of the molecule is Cc1cc(S(=O)(=O)NC2CC(O)C2)ccc1N. The zero-order chi connectivity index (χ0) is 12.6. The third kappa shape index (κ3) is 2.59. The van der Waals surface area contributed by atoms with Crippen molar-refractivity contribution in [1.82, 2.24) is 4.72 Å². The number of nitrogen functional groups attached to an aromatic ring is 1. The van der Waals surface area contributed by atoms with Crippen LogP contribution in [0, 0.1) is 6.92 Å². The topological polar surface area (TPSA) is 92.4 Å². The number of nitrogens with two attached hydrogens (primary N) is 1. The van der Waals surface area contributed by atoms with E-state index in [9.17, 15) is 8.42 Å². The van der Waals surface area contributed by atoms with E-state index < -0.39 is 10.0 Å². The lowest BCUT2D eigenvalue weighted by Crippen LogP contribution is -2.46. The molecule has 0 radical (unpaired) electrons. The Morgan fingerprint density at radius 1 is 1.41 bits per heavy atom. The number of hydrogen-bond donors (Lipinski definition) is 3. The molecule has 1 aliphatic carbocycles. The Balaban J connectivity index is 2.17. The molecule has 1 aromatic carbocycles. The number of hydrogen-bond acceptors (Lipinski definition) is 4. The molecule has 5 nitrogen and oxygen atoms in total. The molecule has 2 rings (SSSR count). The van der Waals surface area contributed by atoms with Crippen LogP contribution in [0.1, 0.15) is 18.4 Å². The Hall–Kier alpha value is -1.11. The summed E-state index contributed by atoms with van der Waals surface area (Å²) in [5.74, 6) is 0. The number of aliphatic hydroxyl groups is 1. The second-order valence-corrected chi connectivity index (χ2v) is 6.18. The Kier molecular flexibility index (Phi) is 3.11. The lowest BCUT2D eigenvalue weighted by molar-refractivity contribution is 0.0712. The van der Waals surface area contributed by atoms with Crippen LogP contribution in [0.4, 0.5) is 5.69 Å². The van der Waals surface area contributed by atoms with Crippen molar-refractivity contribution in [1.29, 1.82) is 0 Å². The van der Waals surface area contributed by atoms with E-state index in [4.69, 9.17) is 10.8 Å². The van der Waals surface area contributed by atoms with Gasteiger partial charge in [0.05, 0.1) is 11.0 Å². The van der Waals surface area contributed by atoms with Crippen LogP contribution in [0.15, 0.2) is 23.1 Å². The fraction of sp³-hybridized carbons (Fsp3) is 0.455. The number of aliphatic hydroxyl groups excluding tert-OH is 1. The molecular weight excluding hydrogens is 240 g/mol. The van der Waals surface area contributed by atoms with Gasteiger partial charge >= 0.3 is 0 Å². The van der Waals surface area contributed by atoms with Crippen LogP contribution < -0.4 is 10.5 Å². The average Bonchev–Trinajstić information content (AvgIpc) is 2.19. The molecule has 0 spiro atoms. The summed E-state index contributed by atoms with van der Waals surface area (Å²) in [5, 5.41) is 9.11. The monoisotopic (exact) mass is 256 g/mol. The van der Waals surface area contributed by atoms with E-state index in [0.29, 0.717) is 18.5 Å². The third-order valence-electron chi connectivity index (χ3n) is 2.99. The van der Waals surface area contributed by atoms with Crippen molar-refractivity contribution in [3.05, 3.63) is 23.8 Å². The molecule has 0 bridgehead atoms. The molecule has 17 heavy (non-hydrogen) atoms. The predicted molar refractivity (Wildman–Crippen MR) is 64.9 cm³/mol. The normalized spacial score (nSPS) is 24.4. The summed E-state index contributed by atoms with van der Waals surface area (Å²) in [7, 11) is -3.50. The second-order valence-electron chi connectivity index (χ2n) is 4.46. The molecule has 6 heteroatoms. The highest BCUT2D eigenvalue weighted by atomic mass is 32.2. The van der Waals surface area contributed by atoms with Crippen molar-refractivity contribution in [2.45, 2.75) is 36.8 Å². The first-order valence-electron chi connectivity index (χ1n) is 5.45. The Morgan fingerprint density at radius 3 is 2.59 bits per heavy atom. The summed E-state index contributed by atoms with van der Waals surface area (Å²) < 4.78 is 26.5. The molecule has 0 aliphatic heterocycles. The predicted octanol–water partition coefficient (Wildman–Crippen LogP) is 0.379. The van der Waals surface area contributed by atoms with Gasteiger partial charge in [0.15, 0.2) is 0 Å².